The Hall–Kier alpha value is -1.43. The number of carbonyl (C=O) groups is 1. The van der Waals surface area contributed by atoms with Crippen LogP contribution in [0.2, 0.25) is 0 Å². The van der Waals surface area contributed by atoms with Crippen LogP contribution in [-0.2, 0) is 14.6 Å². The predicted octanol–water partition coefficient (Wildman–Crippen LogP) is 2.36. The van der Waals surface area contributed by atoms with Gasteiger partial charge in [-0.15, -0.1) is 0 Å². The summed E-state index contributed by atoms with van der Waals surface area (Å²) in [5.74, 6) is -0.964. The molecular weight excluding hydrogens is 257 g/mol. The van der Waals surface area contributed by atoms with E-state index < -0.39 is 15.7 Å². The second-order valence-corrected chi connectivity index (χ2v) is 6.08. The van der Waals surface area contributed by atoms with Crippen LogP contribution >= 0.6 is 0 Å². The second kappa shape index (κ2) is 5.95. The van der Waals surface area contributed by atoms with Gasteiger partial charge in [0.15, 0.2) is 9.84 Å². The van der Waals surface area contributed by atoms with E-state index in [9.17, 15) is 17.6 Å². The lowest BCUT2D eigenvalue weighted by atomic mass is 10.2. The number of sulfone groups is 1. The van der Waals surface area contributed by atoms with E-state index in [4.69, 9.17) is 0 Å². The highest BCUT2D eigenvalue weighted by Gasteiger charge is 2.12. The van der Waals surface area contributed by atoms with Crippen LogP contribution in [-0.4, -0.2) is 20.6 Å². The van der Waals surface area contributed by atoms with Gasteiger partial charge in [-0.3, -0.25) is 4.79 Å². The predicted molar refractivity (Wildman–Crippen MR) is 67.7 cm³/mol. The maximum absolute atomic E-state index is 13.4. The highest BCUT2D eigenvalue weighted by Crippen LogP contribution is 2.19. The van der Waals surface area contributed by atoms with Crippen molar-refractivity contribution in [1.29, 1.82) is 0 Å². The van der Waals surface area contributed by atoms with Gasteiger partial charge in [0.05, 0.1) is 10.6 Å². The highest BCUT2D eigenvalue weighted by molar-refractivity contribution is 7.90. The quantitative estimate of drug-likeness (QED) is 0.838. The fraction of sp³-hybridized carbons (Fsp3) is 0.417. The largest absolute Gasteiger partial charge is 0.324 e. The summed E-state index contributed by atoms with van der Waals surface area (Å²) >= 11 is 0. The molecule has 0 saturated heterocycles. The van der Waals surface area contributed by atoms with E-state index in [0.29, 0.717) is 12.8 Å². The number of halogens is 1. The van der Waals surface area contributed by atoms with E-state index in [1.165, 1.54) is 6.07 Å². The molecule has 100 valence electrons. The Morgan fingerprint density at radius 1 is 1.39 bits per heavy atom. The molecule has 0 aromatic heterocycles. The molecule has 0 bridgehead atoms. The van der Waals surface area contributed by atoms with Crippen LogP contribution in [0.3, 0.4) is 0 Å². The third-order valence-corrected chi connectivity index (χ3v) is 3.51. The smallest absolute Gasteiger partial charge is 0.224 e. The average Bonchev–Trinajstić information content (AvgIpc) is 2.28. The van der Waals surface area contributed by atoms with E-state index in [2.05, 4.69) is 5.32 Å². The summed E-state index contributed by atoms with van der Waals surface area (Å²) in [4.78, 5) is 11.4. The molecule has 1 N–H and O–H groups in total. The topological polar surface area (TPSA) is 63.2 Å². The van der Waals surface area contributed by atoms with Crippen molar-refractivity contribution in [2.75, 3.05) is 11.6 Å². The van der Waals surface area contributed by atoms with Gasteiger partial charge in [0.1, 0.15) is 5.82 Å². The molecule has 18 heavy (non-hydrogen) atoms. The molecular formula is C12H16FNO3S. The van der Waals surface area contributed by atoms with Gasteiger partial charge in [-0.05, 0) is 24.6 Å². The van der Waals surface area contributed by atoms with Crippen molar-refractivity contribution < 1.29 is 17.6 Å². The first-order valence-electron chi connectivity index (χ1n) is 5.64. The summed E-state index contributed by atoms with van der Waals surface area (Å²) < 4.78 is 36.1. The van der Waals surface area contributed by atoms with Gasteiger partial charge in [-0.25, -0.2) is 12.8 Å². The zero-order valence-electron chi connectivity index (χ0n) is 10.4. The van der Waals surface area contributed by atoms with Crippen LogP contribution in [0, 0.1) is 5.82 Å². The maximum atomic E-state index is 13.4. The van der Waals surface area contributed by atoms with Crippen molar-refractivity contribution in [3.63, 3.8) is 0 Å². The number of hydrogen-bond donors (Lipinski definition) is 1. The summed E-state index contributed by atoms with van der Waals surface area (Å²) in [6.07, 6.45) is 2.89. The van der Waals surface area contributed by atoms with Crippen molar-refractivity contribution in [3.05, 3.63) is 24.0 Å². The maximum Gasteiger partial charge on any atom is 0.224 e. The molecule has 0 aliphatic rings. The van der Waals surface area contributed by atoms with Crippen LogP contribution in [0.1, 0.15) is 26.2 Å². The minimum absolute atomic E-state index is 0.0188. The molecule has 1 rings (SSSR count). The number of nitrogens with one attached hydrogen (secondary N) is 1. The number of rotatable bonds is 5. The number of hydrogen-bond acceptors (Lipinski definition) is 3. The lowest BCUT2D eigenvalue weighted by Gasteiger charge is -2.07. The zero-order chi connectivity index (χ0) is 13.8. The number of unbranched alkanes of at least 4 members (excludes halogenated alkanes) is 1. The summed E-state index contributed by atoms with van der Waals surface area (Å²) in [6, 6.07) is 3.34. The Kier molecular flexibility index (Phi) is 4.84. The summed E-state index contributed by atoms with van der Waals surface area (Å²) in [5, 5.41) is 2.38. The van der Waals surface area contributed by atoms with E-state index in [1.807, 2.05) is 6.92 Å². The summed E-state index contributed by atoms with van der Waals surface area (Å²) in [5.41, 5.74) is -0.0981. The van der Waals surface area contributed by atoms with Crippen LogP contribution in [0.25, 0.3) is 0 Å². The first-order valence-corrected chi connectivity index (χ1v) is 7.53. The van der Waals surface area contributed by atoms with Crippen LogP contribution < -0.4 is 5.32 Å². The van der Waals surface area contributed by atoms with Gasteiger partial charge in [0, 0.05) is 12.7 Å². The Morgan fingerprint density at radius 3 is 2.61 bits per heavy atom. The molecule has 0 aliphatic heterocycles. The minimum Gasteiger partial charge on any atom is -0.324 e. The summed E-state index contributed by atoms with van der Waals surface area (Å²) in [7, 11) is -3.41. The zero-order valence-corrected chi connectivity index (χ0v) is 11.2. The second-order valence-electron chi connectivity index (χ2n) is 4.07. The number of benzene rings is 1. The van der Waals surface area contributed by atoms with Gasteiger partial charge < -0.3 is 5.32 Å². The lowest BCUT2D eigenvalue weighted by molar-refractivity contribution is -0.116. The molecule has 1 aromatic carbocycles. The van der Waals surface area contributed by atoms with E-state index in [0.717, 1.165) is 24.8 Å². The third kappa shape index (κ3) is 4.10. The first-order chi connectivity index (χ1) is 8.34. The Morgan fingerprint density at radius 2 is 2.06 bits per heavy atom. The van der Waals surface area contributed by atoms with Gasteiger partial charge in [0.25, 0.3) is 0 Å². The SMILES string of the molecule is CCCCC(=O)Nc1cc(S(C)(=O)=O)ccc1F. The first kappa shape index (κ1) is 14.6. The number of amides is 1. The lowest BCUT2D eigenvalue weighted by Crippen LogP contribution is -2.13. The van der Waals surface area contributed by atoms with Crippen molar-refractivity contribution in [1.82, 2.24) is 0 Å². The molecule has 4 nitrogen and oxygen atoms in total. The molecule has 0 radical (unpaired) electrons. The molecule has 0 fully saturated rings. The Bertz CT molecular complexity index is 540. The van der Waals surface area contributed by atoms with Gasteiger partial charge >= 0.3 is 0 Å². The van der Waals surface area contributed by atoms with Crippen molar-refractivity contribution in [2.24, 2.45) is 0 Å². The van der Waals surface area contributed by atoms with E-state index in [-0.39, 0.29) is 16.5 Å². The van der Waals surface area contributed by atoms with Gasteiger partial charge in [-0.2, -0.15) is 0 Å². The molecule has 1 aromatic rings. The molecule has 0 atom stereocenters. The van der Waals surface area contributed by atoms with Gasteiger partial charge in [0.2, 0.25) is 5.91 Å². The molecule has 1 amide bonds. The molecule has 0 saturated carbocycles. The number of anilines is 1. The summed E-state index contributed by atoms with van der Waals surface area (Å²) in [6.45, 7) is 1.94. The monoisotopic (exact) mass is 273 g/mol. The van der Waals surface area contributed by atoms with Crippen LogP contribution in [0.4, 0.5) is 10.1 Å². The fourth-order valence-electron chi connectivity index (χ4n) is 1.38. The van der Waals surface area contributed by atoms with Crippen molar-refractivity contribution in [2.45, 2.75) is 31.1 Å². The molecule has 0 heterocycles. The van der Waals surface area contributed by atoms with Crippen LogP contribution in [0.15, 0.2) is 23.1 Å². The fourth-order valence-corrected chi connectivity index (χ4v) is 2.03. The molecule has 0 unspecified atom stereocenters. The Balaban J connectivity index is 2.92. The molecule has 6 heteroatoms. The highest BCUT2D eigenvalue weighted by atomic mass is 32.2. The standard InChI is InChI=1S/C12H16FNO3S/c1-3-4-5-12(15)14-11-8-9(18(2,16)17)6-7-10(11)13/h6-8H,3-5H2,1-2H3,(H,14,15). The van der Waals surface area contributed by atoms with Gasteiger partial charge in [-0.1, -0.05) is 13.3 Å². The third-order valence-electron chi connectivity index (χ3n) is 2.40. The van der Waals surface area contributed by atoms with E-state index >= 15 is 0 Å². The molecule has 0 spiro atoms. The normalized spacial score (nSPS) is 11.3. The average molecular weight is 273 g/mol. The number of carbonyl (C=O) groups excluding carboxylic acids is 1. The van der Waals surface area contributed by atoms with E-state index in [1.54, 1.807) is 0 Å². The van der Waals surface area contributed by atoms with Crippen LogP contribution in [0.5, 0.6) is 0 Å². The minimum atomic E-state index is -3.41. The van der Waals surface area contributed by atoms with Crippen molar-refractivity contribution >= 4 is 21.4 Å². The van der Waals surface area contributed by atoms with Crippen molar-refractivity contribution in [3.8, 4) is 0 Å². The Labute approximate surface area is 106 Å². The molecule has 0 aliphatic carbocycles.